The molecule has 3 saturated heterocycles. The Kier molecular flexibility index (Phi) is 10.5. The number of nitrogens with zero attached hydrogens (tertiary/aromatic N) is 2. The zero-order valence-corrected chi connectivity index (χ0v) is 22.5. The Bertz CT molecular complexity index is 1250. The molecule has 3 aliphatic rings. The predicted octanol–water partition coefficient (Wildman–Crippen LogP) is 5.03. The average Bonchev–Trinajstić information content (AvgIpc) is 3.80. The molecule has 1 unspecified atom stereocenters. The Morgan fingerprint density at radius 1 is 0.683 bits per heavy atom. The average molecular weight is 573 g/mol. The molecule has 218 valence electrons. The Balaban J connectivity index is 0.000000189. The summed E-state index contributed by atoms with van der Waals surface area (Å²) in [5, 5.41) is 0. The minimum absolute atomic E-state index is 0.0281. The number of carbonyl (C=O) groups is 3. The van der Waals surface area contributed by atoms with Gasteiger partial charge >= 0.3 is 0 Å². The second kappa shape index (κ2) is 14.2. The van der Waals surface area contributed by atoms with E-state index < -0.39 is 23.3 Å². The van der Waals surface area contributed by atoms with Gasteiger partial charge in [-0.2, -0.15) is 0 Å². The van der Waals surface area contributed by atoms with Crippen LogP contribution in [0, 0.1) is 35.1 Å². The molecule has 2 aromatic rings. The number of carbonyl (C=O) groups excluding carboxylic acids is 3. The van der Waals surface area contributed by atoms with Gasteiger partial charge in [0.15, 0.2) is 0 Å². The van der Waals surface area contributed by atoms with Crippen molar-refractivity contribution in [3.8, 4) is 0 Å². The molecule has 41 heavy (non-hydrogen) atoms. The topological polar surface area (TPSA) is 70.2 Å². The quantitative estimate of drug-likeness (QED) is 0.211. The number of hydrogen-bond acceptors (Lipinski definition) is 4. The van der Waals surface area contributed by atoms with Gasteiger partial charge in [0.25, 0.3) is 0 Å². The number of benzene rings is 2. The Morgan fingerprint density at radius 2 is 1.07 bits per heavy atom. The molecular weight excluding hydrogens is 540 g/mol. The van der Waals surface area contributed by atoms with Crippen LogP contribution in [0.4, 0.5) is 17.6 Å². The van der Waals surface area contributed by atoms with E-state index >= 15 is 0 Å². The maximum Gasteiger partial charge on any atom is 0.246 e. The van der Waals surface area contributed by atoms with Crippen LogP contribution in [0.15, 0.2) is 48.6 Å². The second-order valence-corrected chi connectivity index (χ2v) is 10.4. The third-order valence-electron chi connectivity index (χ3n) is 7.39. The number of hydrogen-bond donors (Lipinski definition) is 0. The van der Waals surface area contributed by atoms with E-state index in [9.17, 15) is 31.9 Å². The molecule has 5 rings (SSSR count). The number of halogens is 4. The van der Waals surface area contributed by atoms with Gasteiger partial charge in [-0.05, 0) is 79.1 Å². The highest BCUT2D eigenvalue weighted by molar-refractivity contribution is 5.92. The van der Waals surface area contributed by atoms with E-state index in [0.29, 0.717) is 62.2 Å². The highest BCUT2D eigenvalue weighted by atomic mass is 19.1. The molecule has 10 heteroatoms. The number of aldehydes is 1. The van der Waals surface area contributed by atoms with Crippen molar-refractivity contribution in [1.82, 2.24) is 9.80 Å². The maximum atomic E-state index is 13.1. The molecular formula is C31H32F4N2O4. The molecule has 0 bridgehead atoms. The largest absolute Gasteiger partial charge is 0.373 e. The zero-order valence-electron chi connectivity index (χ0n) is 22.5. The van der Waals surface area contributed by atoms with E-state index in [2.05, 4.69) is 0 Å². The lowest BCUT2D eigenvalue weighted by atomic mass is 9.94. The third kappa shape index (κ3) is 9.38. The fourth-order valence-electron chi connectivity index (χ4n) is 4.96. The van der Waals surface area contributed by atoms with Crippen LogP contribution in [-0.4, -0.2) is 66.8 Å². The predicted molar refractivity (Wildman–Crippen MR) is 145 cm³/mol. The summed E-state index contributed by atoms with van der Waals surface area (Å²) in [5.74, 6) is -2.38. The van der Waals surface area contributed by atoms with Gasteiger partial charge in [-0.1, -0.05) is 0 Å². The molecule has 0 radical (unpaired) electrons. The van der Waals surface area contributed by atoms with Crippen LogP contribution in [-0.2, 0) is 19.1 Å². The fourth-order valence-corrected chi connectivity index (χ4v) is 4.96. The first-order chi connectivity index (χ1) is 19.7. The lowest BCUT2D eigenvalue weighted by Crippen LogP contribution is -2.38. The highest BCUT2D eigenvalue weighted by Gasteiger charge is 2.35. The fraction of sp³-hybridized carbons (Fsp3) is 0.387. The lowest BCUT2D eigenvalue weighted by molar-refractivity contribution is -0.128. The smallest absolute Gasteiger partial charge is 0.246 e. The van der Waals surface area contributed by atoms with Crippen molar-refractivity contribution in [2.45, 2.75) is 31.8 Å². The lowest BCUT2D eigenvalue weighted by Gasteiger charge is -2.30. The number of piperidine rings is 2. The van der Waals surface area contributed by atoms with Crippen LogP contribution in [0.5, 0.6) is 0 Å². The molecule has 3 fully saturated rings. The zero-order chi connectivity index (χ0) is 29.4. The van der Waals surface area contributed by atoms with Crippen molar-refractivity contribution in [1.29, 1.82) is 0 Å². The number of rotatable bonds is 6. The van der Waals surface area contributed by atoms with Crippen molar-refractivity contribution in [2.75, 3.05) is 32.8 Å². The molecule has 3 heterocycles. The first-order valence-corrected chi connectivity index (χ1v) is 13.6. The van der Waals surface area contributed by atoms with E-state index in [1.165, 1.54) is 36.4 Å². The van der Waals surface area contributed by atoms with Crippen LogP contribution >= 0.6 is 0 Å². The van der Waals surface area contributed by atoms with Crippen LogP contribution in [0.25, 0.3) is 12.2 Å². The van der Waals surface area contributed by atoms with Crippen LogP contribution < -0.4 is 0 Å². The van der Waals surface area contributed by atoms with Gasteiger partial charge in [-0.15, -0.1) is 0 Å². The molecule has 2 aromatic carbocycles. The van der Waals surface area contributed by atoms with E-state index in [1.807, 2.05) is 0 Å². The molecule has 0 aromatic heterocycles. The van der Waals surface area contributed by atoms with Crippen molar-refractivity contribution >= 4 is 30.3 Å². The van der Waals surface area contributed by atoms with Crippen molar-refractivity contribution in [3.05, 3.63) is 82.9 Å². The first-order valence-electron chi connectivity index (χ1n) is 13.6. The van der Waals surface area contributed by atoms with Crippen LogP contribution in [0.1, 0.15) is 36.8 Å². The highest BCUT2D eigenvalue weighted by Crippen LogP contribution is 2.29. The van der Waals surface area contributed by atoms with Gasteiger partial charge in [0, 0.05) is 56.4 Å². The number of epoxide rings is 1. The molecule has 1 atom stereocenters. The molecule has 2 amide bonds. The number of amides is 2. The van der Waals surface area contributed by atoms with E-state index in [1.54, 1.807) is 9.80 Å². The second-order valence-electron chi connectivity index (χ2n) is 10.4. The van der Waals surface area contributed by atoms with Gasteiger partial charge < -0.3 is 19.3 Å². The Hall–Kier alpha value is -3.79. The van der Waals surface area contributed by atoms with Gasteiger partial charge in [0.05, 0.1) is 12.7 Å². The third-order valence-corrected chi connectivity index (χ3v) is 7.39. The monoisotopic (exact) mass is 572 g/mol. The molecule has 6 nitrogen and oxygen atoms in total. The summed E-state index contributed by atoms with van der Waals surface area (Å²) in [6, 6.07) is 6.30. The molecule has 0 N–H and O–H groups in total. The van der Waals surface area contributed by atoms with Crippen molar-refractivity contribution < 1.29 is 36.7 Å². The standard InChI is InChI=1S/C16H17F2NO2.C15H15F2NO2/c17-13-7-11(8-14(18)9-13)1-2-16(20)19-5-3-12(4-6-19)15-10-21-15;16-13-7-12(8-14(17)9-13)1-2-15(20)18-5-3-11(10-19)4-6-18/h1-2,7-9,12,15H,3-6,10H2;1-2,7-11H,3-6H2/b2*2-1+. The van der Waals surface area contributed by atoms with Crippen molar-refractivity contribution in [3.63, 3.8) is 0 Å². The van der Waals surface area contributed by atoms with Gasteiger partial charge in [0.1, 0.15) is 29.6 Å². The SMILES string of the molecule is O=C(/C=C/c1cc(F)cc(F)c1)N1CCC(C2CO2)CC1.O=CC1CCN(C(=O)/C=C/c2cc(F)cc(F)c2)CC1. The Labute approximate surface area is 236 Å². The number of ether oxygens (including phenoxy) is 1. The summed E-state index contributed by atoms with van der Waals surface area (Å²) in [7, 11) is 0. The summed E-state index contributed by atoms with van der Waals surface area (Å²) >= 11 is 0. The van der Waals surface area contributed by atoms with Gasteiger partial charge in [0.2, 0.25) is 11.8 Å². The molecule has 0 spiro atoms. The number of likely N-dealkylation sites (tertiary alicyclic amines) is 2. The van der Waals surface area contributed by atoms with E-state index in [-0.39, 0.29) is 17.7 Å². The molecule has 0 saturated carbocycles. The van der Waals surface area contributed by atoms with Gasteiger partial charge in [-0.25, -0.2) is 17.6 Å². The Morgan fingerprint density at radius 3 is 1.44 bits per heavy atom. The summed E-state index contributed by atoms with van der Waals surface area (Å²) in [5.41, 5.74) is 0.653. The maximum absolute atomic E-state index is 13.1. The summed E-state index contributed by atoms with van der Waals surface area (Å²) in [4.78, 5) is 38.0. The normalized spacial score (nSPS) is 19.8. The summed E-state index contributed by atoms with van der Waals surface area (Å²) in [6.07, 6.45) is 10.1. The molecule has 0 aliphatic carbocycles. The minimum atomic E-state index is -0.677. The van der Waals surface area contributed by atoms with Crippen LogP contribution in [0.2, 0.25) is 0 Å². The summed E-state index contributed by atoms with van der Waals surface area (Å²) in [6.45, 7) is 3.34. The molecule has 3 aliphatic heterocycles. The first kappa shape index (κ1) is 30.2. The minimum Gasteiger partial charge on any atom is -0.373 e. The van der Waals surface area contributed by atoms with E-state index in [0.717, 1.165) is 50.0 Å². The van der Waals surface area contributed by atoms with Gasteiger partial charge in [-0.3, -0.25) is 9.59 Å². The van der Waals surface area contributed by atoms with E-state index in [4.69, 9.17) is 4.74 Å². The van der Waals surface area contributed by atoms with Crippen LogP contribution in [0.3, 0.4) is 0 Å². The summed E-state index contributed by atoms with van der Waals surface area (Å²) < 4.78 is 57.4. The van der Waals surface area contributed by atoms with Crippen molar-refractivity contribution in [2.24, 2.45) is 11.8 Å².